The molecule has 5 aromatic carbocycles. The lowest BCUT2D eigenvalue weighted by Gasteiger charge is -2.09. The molecule has 1 heterocycles. The number of nitro benzene ring substituents is 1. The highest BCUT2D eigenvalue weighted by Gasteiger charge is 2.15. The smallest absolute Gasteiger partial charge is 0.293 e. The Balaban J connectivity index is 2.01. The molecule has 0 aliphatic heterocycles. The van der Waals surface area contributed by atoms with Crippen LogP contribution in [0.3, 0.4) is 0 Å². The molecule has 4 nitrogen and oxygen atoms in total. The number of non-ortho nitro benzene ring substituents is 1. The highest BCUT2D eigenvalue weighted by Crippen LogP contribution is 2.37. The molecule has 0 saturated carbocycles. The van der Waals surface area contributed by atoms with Gasteiger partial charge in [0.25, 0.3) is 5.69 Å². The Hall–Kier alpha value is -4.70. The van der Waals surface area contributed by atoms with E-state index >= 15 is 0 Å². The van der Waals surface area contributed by atoms with E-state index in [1.807, 2.05) is 60.7 Å². The van der Waals surface area contributed by atoms with Gasteiger partial charge in [-0.25, -0.2) is 0 Å². The second-order valence-corrected chi connectivity index (χ2v) is 8.27. The topological polar surface area (TPSA) is 58.9 Å². The summed E-state index contributed by atoms with van der Waals surface area (Å²) < 4.78 is 0. The lowest BCUT2D eigenvalue weighted by atomic mass is 9.94. The number of nitrogens with zero attached hydrogens (tertiary/aromatic N) is 1. The van der Waals surface area contributed by atoms with Crippen LogP contribution in [0.15, 0.2) is 115 Å². The highest BCUT2D eigenvalue weighted by atomic mass is 16.6. The molecule has 6 aromatic rings. The van der Waals surface area contributed by atoms with Crippen molar-refractivity contribution in [3.05, 3.63) is 125 Å². The van der Waals surface area contributed by atoms with Crippen LogP contribution in [0.25, 0.3) is 54.5 Å². The summed E-state index contributed by atoms with van der Waals surface area (Å²) in [5.41, 5.74) is 3.62. The zero-order valence-electron chi connectivity index (χ0n) is 18.2. The van der Waals surface area contributed by atoms with Crippen molar-refractivity contribution in [1.29, 1.82) is 0 Å². The molecule has 0 bridgehead atoms. The molecule has 0 radical (unpaired) electrons. The van der Waals surface area contributed by atoms with Gasteiger partial charge in [-0.2, -0.15) is 0 Å². The lowest BCUT2D eigenvalue weighted by molar-refractivity contribution is -0.383. The first kappa shape index (κ1) is 19.9. The second-order valence-electron chi connectivity index (χ2n) is 8.27. The van der Waals surface area contributed by atoms with Crippen molar-refractivity contribution >= 4 is 49.0 Å². The van der Waals surface area contributed by atoms with Crippen molar-refractivity contribution in [1.82, 2.24) is 4.98 Å². The monoisotopic (exact) mass is 440 g/mol. The molecule has 1 N–H and O–H groups in total. The first-order valence-corrected chi connectivity index (χ1v) is 11.1. The third-order valence-electron chi connectivity index (χ3n) is 6.35. The molecule has 0 saturated heterocycles. The molecule has 4 heteroatoms. The fourth-order valence-corrected chi connectivity index (χ4v) is 4.87. The molecule has 1 aromatic heterocycles. The van der Waals surface area contributed by atoms with Crippen LogP contribution in [0.2, 0.25) is 0 Å². The second kappa shape index (κ2) is 8.01. The number of nitro groups is 1. The number of aromatic amines is 1. The Morgan fingerprint density at radius 1 is 0.559 bits per heavy atom. The summed E-state index contributed by atoms with van der Waals surface area (Å²) in [6.45, 7) is 0. The summed E-state index contributed by atoms with van der Waals surface area (Å²) >= 11 is 0. The number of benzene rings is 5. The molecule has 34 heavy (non-hydrogen) atoms. The van der Waals surface area contributed by atoms with Gasteiger partial charge >= 0.3 is 0 Å². The van der Waals surface area contributed by atoms with Crippen molar-refractivity contribution in [2.45, 2.75) is 0 Å². The van der Waals surface area contributed by atoms with Gasteiger partial charge in [0.15, 0.2) is 0 Å². The van der Waals surface area contributed by atoms with Crippen LogP contribution in [0.4, 0.5) is 5.69 Å². The summed E-state index contributed by atoms with van der Waals surface area (Å²) in [5.74, 6) is 0. The number of fused-ring (bicyclic) bond motifs is 7. The molecular formula is C30H20N2O2. The van der Waals surface area contributed by atoms with E-state index in [4.69, 9.17) is 0 Å². The van der Waals surface area contributed by atoms with E-state index in [2.05, 4.69) is 47.4 Å². The first-order chi connectivity index (χ1) is 16.7. The van der Waals surface area contributed by atoms with E-state index < -0.39 is 0 Å². The number of para-hydroxylation sites is 2. The average Bonchev–Trinajstić information content (AvgIpc) is 2.94. The molecule has 6 rings (SSSR count). The molecule has 0 fully saturated rings. The van der Waals surface area contributed by atoms with Gasteiger partial charge in [-0.1, -0.05) is 103 Å². The lowest BCUT2D eigenvalue weighted by Crippen LogP contribution is -1.90. The Morgan fingerprint density at radius 2 is 1.15 bits per heavy atom. The SMILES string of the molecule is O=[N+]([O-])c1cccc2c1[nH]c1ccccc1c1c(-c3ccccc3)cccc1c1ccccc21. The quantitative estimate of drug-likeness (QED) is 0.217. The molecule has 0 aliphatic rings. The maximum Gasteiger partial charge on any atom is 0.293 e. The number of nitrogens with one attached hydrogen (secondary N) is 1. The predicted octanol–water partition coefficient (Wildman–Crippen LogP) is 8.33. The molecule has 0 atom stereocenters. The summed E-state index contributed by atoms with van der Waals surface area (Å²) in [6, 6.07) is 38.1. The van der Waals surface area contributed by atoms with Crippen LogP contribution in [0.1, 0.15) is 0 Å². The van der Waals surface area contributed by atoms with Crippen LogP contribution in [-0.2, 0) is 0 Å². The molecule has 0 spiro atoms. The first-order valence-electron chi connectivity index (χ1n) is 11.1. The number of rotatable bonds is 2. The van der Waals surface area contributed by atoms with Gasteiger partial charge in [0.05, 0.1) is 4.92 Å². The Kier molecular flexibility index (Phi) is 4.70. The normalized spacial score (nSPS) is 11.2. The molecule has 0 amide bonds. The third-order valence-corrected chi connectivity index (χ3v) is 6.35. The zero-order valence-corrected chi connectivity index (χ0v) is 18.2. The third kappa shape index (κ3) is 3.16. The van der Waals surface area contributed by atoms with E-state index in [1.54, 1.807) is 12.1 Å². The van der Waals surface area contributed by atoms with Gasteiger partial charge < -0.3 is 4.98 Å². The minimum absolute atomic E-state index is 0.0522. The Bertz CT molecular complexity index is 1780. The zero-order chi connectivity index (χ0) is 23.1. The fraction of sp³-hybridized carbons (Fsp3) is 0. The van der Waals surface area contributed by atoms with E-state index in [0.717, 1.165) is 49.0 Å². The van der Waals surface area contributed by atoms with E-state index in [9.17, 15) is 10.1 Å². The maximum absolute atomic E-state index is 12.0. The van der Waals surface area contributed by atoms with Crippen LogP contribution in [0, 0.1) is 10.1 Å². The predicted molar refractivity (Wildman–Crippen MR) is 141 cm³/mol. The van der Waals surface area contributed by atoms with Crippen molar-refractivity contribution in [2.24, 2.45) is 0 Å². The molecule has 0 aliphatic carbocycles. The van der Waals surface area contributed by atoms with Crippen molar-refractivity contribution in [3.63, 3.8) is 0 Å². The minimum Gasteiger partial charge on any atom is -0.349 e. The van der Waals surface area contributed by atoms with Gasteiger partial charge in [0, 0.05) is 22.4 Å². The van der Waals surface area contributed by atoms with Crippen LogP contribution < -0.4 is 0 Å². The summed E-state index contributed by atoms with van der Waals surface area (Å²) in [7, 11) is 0. The molecular weight excluding hydrogens is 420 g/mol. The van der Waals surface area contributed by atoms with Crippen LogP contribution in [-0.4, -0.2) is 9.91 Å². The summed E-state index contributed by atoms with van der Waals surface area (Å²) in [5, 5.41) is 18.0. The van der Waals surface area contributed by atoms with Gasteiger partial charge in [0.1, 0.15) is 5.52 Å². The fourth-order valence-electron chi connectivity index (χ4n) is 4.87. The van der Waals surface area contributed by atoms with Gasteiger partial charge in [-0.05, 0) is 38.7 Å². The van der Waals surface area contributed by atoms with Gasteiger partial charge in [-0.3, -0.25) is 10.1 Å². The van der Waals surface area contributed by atoms with Crippen molar-refractivity contribution < 1.29 is 4.92 Å². The molecule has 0 unspecified atom stereocenters. The van der Waals surface area contributed by atoms with Crippen LogP contribution in [0.5, 0.6) is 0 Å². The largest absolute Gasteiger partial charge is 0.349 e. The Morgan fingerprint density at radius 3 is 1.91 bits per heavy atom. The highest BCUT2D eigenvalue weighted by molar-refractivity contribution is 6.22. The maximum atomic E-state index is 12.0. The minimum atomic E-state index is -0.322. The number of H-pyrrole nitrogens is 1. The molecule has 162 valence electrons. The number of hydrogen-bond donors (Lipinski definition) is 1. The van der Waals surface area contributed by atoms with Gasteiger partial charge in [0.2, 0.25) is 0 Å². The van der Waals surface area contributed by atoms with Crippen molar-refractivity contribution in [2.75, 3.05) is 0 Å². The average molecular weight is 441 g/mol. The summed E-state index contributed by atoms with van der Waals surface area (Å²) in [4.78, 5) is 15.1. The van der Waals surface area contributed by atoms with E-state index in [0.29, 0.717) is 5.52 Å². The van der Waals surface area contributed by atoms with E-state index in [1.165, 1.54) is 0 Å². The van der Waals surface area contributed by atoms with E-state index in [-0.39, 0.29) is 10.6 Å². The summed E-state index contributed by atoms with van der Waals surface area (Å²) in [6.07, 6.45) is 0. The van der Waals surface area contributed by atoms with Gasteiger partial charge in [-0.15, -0.1) is 0 Å². The number of hydrogen-bond acceptors (Lipinski definition) is 2. The number of aromatic nitrogens is 1. The Labute approximate surface area is 195 Å². The van der Waals surface area contributed by atoms with Crippen molar-refractivity contribution in [3.8, 4) is 11.1 Å². The standard InChI is InChI=1S/C30H20N2O2/c33-32(34)28-19-9-17-25-23-13-5-4-12-22(23)24-16-8-15-21(20-10-2-1-3-11-20)29(24)26-14-6-7-18-27(26)31-30(25)28/h1-19,31H. The van der Waals surface area contributed by atoms with Crippen LogP contribution >= 0.6 is 0 Å².